The molecule has 55 heavy (non-hydrogen) atoms. The van der Waals surface area contributed by atoms with Crippen LogP contribution < -0.4 is 4.90 Å². The second kappa shape index (κ2) is 12.9. The van der Waals surface area contributed by atoms with Crippen LogP contribution in [0.15, 0.2) is 217 Å². The number of thioether (sulfide) groups is 1. The van der Waals surface area contributed by atoms with E-state index in [1.165, 1.54) is 71.4 Å². The molecule has 0 aromatic heterocycles. The Labute approximate surface area is 326 Å². The van der Waals surface area contributed by atoms with Crippen molar-refractivity contribution in [2.45, 2.75) is 21.5 Å². The summed E-state index contributed by atoms with van der Waals surface area (Å²) >= 11 is 1.99. The lowest BCUT2D eigenvalue weighted by atomic mass is 9.68. The topological polar surface area (TPSA) is 3.24 Å². The van der Waals surface area contributed by atoms with Crippen LogP contribution in [-0.2, 0) is 5.41 Å². The van der Waals surface area contributed by atoms with Crippen molar-refractivity contribution >= 4 is 39.6 Å². The van der Waals surface area contributed by atoms with E-state index in [4.69, 9.17) is 0 Å². The first kappa shape index (κ1) is 32.1. The molecule has 2 heteroatoms. The quantitative estimate of drug-likeness (QED) is 0.168. The molecule has 11 rings (SSSR count). The first-order valence-electron chi connectivity index (χ1n) is 19.2. The minimum atomic E-state index is -0.496. The SMILES string of the molecule is C1=CC2Sc3cc(N(c4cccc5c4-c4ccccc4C5(c4ccccc4)c4ccccc4)c4ccc5ccccc5c4-c4ccccc4)ccc3C2C=C1. The monoisotopic (exact) mass is 719 g/mol. The van der Waals surface area contributed by atoms with Gasteiger partial charge >= 0.3 is 0 Å². The first-order valence-corrected chi connectivity index (χ1v) is 20.1. The van der Waals surface area contributed by atoms with Crippen molar-refractivity contribution in [2.75, 3.05) is 4.90 Å². The van der Waals surface area contributed by atoms with Crippen molar-refractivity contribution in [1.29, 1.82) is 0 Å². The van der Waals surface area contributed by atoms with E-state index in [0.29, 0.717) is 11.2 Å². The lowest BCUT2D eigenvalue weighted by Gasteiger charge is -2.35. The minimum Gasteiger partial charge on any atom is -0.309 e. The normalized spacial score (nSPS) is 17.0. The molecule has 0 spiro atoms. The molecule has 0 bridgehead atoms. The number of allylic oxidation sites excluding steroid dienone is 3. The lowest BCUT2D eigenvalue weighted by Crippen LogP contribution is -2.28. The third-order valence-corrected chi connectivity index (χ3v) is 13.2. The number of anilines is 3. The van der Waals surface area contributed by atoms with Crippen molar-refractivity contribution in [3.63, 3.8) is 0 Å². The van der Waals surface area contributed by atoms with Crippen LogP contribution in [-0.4, -0.2) is 5.25 Å². The lowest BCUT2D eigenvalue weighted by molar-refractivity contribution is 0.768. The van der Waals surface area contributed by atoms with Gasteiger partial charge in [0.2, 0.25) is 0 Å². The van der Waals surface area contributed by atoms with E-state index in [0.717, 1.165) is 11.4 Å². The van der Waals surface area contributed by atoms with Crippen LogP contribution in [0.1, 0.15) is 33.7 Å². The Bertz CT molecular complexity index is 2760. The zero-order chi connectivity index (χ0) is 36.3. The van der Waals surface area contributed by atoms with Gasteiger partial charge in [-0.2, -0.15) is 0 Å². The Morgan fingerprint density at radius 2 is 1.15 bits per heavy atom. The molecule has 0 radical (unpaired) electrons. The molecule has 3 aliphatic rings. The average molecular weight is 720 g/mol. The van der Waals surface area contributed by atoms with Crippen LogP contribution in [0.4, 0.5) is 17.1 Å². The van der Waals surface area contributed by atoms with Crippen LogP contribution in [0.25, 0.3) is 33.0 Å². The number of nitrogens with zero attached hydrogens (tertiary/aromatic N) is 1. The molecule has 1 aliphatic heterocycles. The van der Waals surface area contributed by atoms with Gasteiger partial charge in [0.05, 0.1) is 16.8 Å². The van der Waals surface area contributed by atoms with Gasteiger partial charge in [0.1, 0.15) is 0 Å². The Morgan fingerprint density at radius 1 is 0.491 bits per heavy atom. The molecule has 8 aromatic carbocycles. The summed E-state index contributed by atoms with van der Waals surface area (Å²) in [5.41, 5.74) is 14.5. The molecule has 0 N–H and O–H groups in total. The maximum absolute atomic E-state index is 2.56. The number of rotatable bonds is 6. The molecular formula is C53H37NS. The van der Waals surface area contributed by atoms with Crippen molar-refractivity contribution in [3.8, 4) is 22.3 Å². The van der Waals surface area contributed by atoms with Gasteiger partial charge in [-0.25, -0.2) is 0 Å². The highest BCUT2D eigenvalue weighted by molar-refractivity contribution is 8.00. The molecule has 2 unspecified atom stereocenters. The van der Waals surface area contributed by atoms with Gasteiger partial charge in [0.15, 0.2) is 0 Å². The summed E-state index contributed by atoms with van der Waals surface area (Å²) in [6.07, 6.45) is 9.13. The molecule has 0 fully saturated rings. The van der Waals surface area contributed by atoms with E-state index in [-0.39, 0.29) is 0 Å². The molecule has 0 saturated heterocycles. The summed E-state index contributed by atoms with van der Waals surface area (Å²) < 4.78 is 0. The maximum Gasteiger partial charge on any atom is 0.0714 e. The summed E-state index contributed by atoms with van der Waals surface area (Å²) in [6.45, 7) is 0. The Morgan fingerprint density at radius 3 is 1.95 bits per heavy atom. The van der Waals surface area contributed by atoms with E-state index < -0.39 is 5.41 Å². The molecular weight excluding hydrogens is 683 g/mol. The summed E-state index contributed by atoms with van der Waals surface area (Å²) in [6, 6.07) is 69.9. The summed E-state index contributed by atoms with van der Waals surface area (Å²) in [5.74, 6) is 0.401. The highest BCUT2D eigenvalue weighted by atomic mass is 32.2. The zero-order valence-corrected chi connectivity index (χ0v) is 31.0. The largest absolute Gasteiger partial charge is 0.309 e. The smallest absolute Gasteiger partial charge is 0.0714 e. The molecule has 8 aromatic rings. The van der Waals surface area contributed by atoms with E-state index in [9.17, 15) is 0 Å². The second-order valence-electron chi connectivity index (χ2n) is 14.7. The maximum atomic E-state index is 2.56. The number of hydrogen-bond donors (Lipinski definition) is 0. The molecule has 1 heterocycles. The van der Waals surface area contributed by atoms with Crippen LogP contribution in [0.2, 0.25) is 0 Å². The molecule has 2 atom stereocenters. The molecule has 1 nitrogen and oxygen atoms in total. The van der Waals surface area contributed by atoms with Crippen molar-refractivity contribution < 1.29 is 0 Å². The van der Waals surface area contributed by atoms with Gasteiger partial charge in [-0.3, -0.25) is 0 Å². The number of fused-ring (bicyclic) bond motifs is 7. The van der Waals surface area contributed by atoms with E-state index in [2.05, 4.69) is 217 Å². The molecule has 2 aliphatic carbocycles. The summed E-state index contributed by atoms with van der Waals surface area (Å²) in [4.78, 5) is 3.91. The zero-order valence-electron chi connectivity index (χ0n) is 30.2. The average Bonchev–Trinajstić information content (AvgIpc) is 3.78. The van der Waals surface area contributed by atoms with Gasteiger partial charge in [0, 0.05) is 32.9 Å². The summed E-state index contributed by atoms with van der Waals surface area (Å²) in [7, 11) is 0. The van der Waals surface area contributed by atoms with Crippen molar-refractivity contribution in [2.24, 2.45) is 0 Å². The van der Waals surface area contributed by atoms with Gasteiger partial charge in [-0.1, -0.05) is 188 Å². The predicted octanol–water partition coefficient (Wildman–Crippen LogP) is 14.0. The summed E-state index contributed by atoms with van der Waals surface area (Å²) in [5, 5.41) is 2.89. The van der Waals surface area contributed by atoms with E-state index in [1.54, 1.807) is 0 Å². The fourth-order valence-electron chi connectivity index (χ4n) is 9.59. The van der Waals surface area contributed by atoms with E-state index in [1.807, 2.05) is 11.8 Å². The molecule has 0 saturated carbocycles. The van der Waals surface area contributed by atoms with Gasteiger partial charge < -0.3 is 4.90 Å². The fraction of sp³-hybridized carbons (Fsp3) is 0.0566. The van der Waals surface area contributed by atoms with Crippen LogP contribution in [0.5, 0.6) is 0 Å². The Hall–Kier alpha value is -6.35. The van der Waals surface area contributed by atoms with Gasteiger partial charge in [0.25, 0.3) is 0 Å². The second-order valence-corrected chi connectivity index (χ2v) is 15.9. The first-order chi connectivity index (χ1) is 27.3. The third kappa shape index (κ3) is 4.88. The molecule has 260 valence electrons. The highest BCUT2D eigenvalue weighted by Gasteiger charge is 2.47. The Balaban J connectivity index is 1.24. The van der Waals surface area contributed by atoms with Crippen molar-refractivity contribution in [1.82, 2.24) is 0 Å². The number of hydrogen-bond acceptors (Lipinski definition) is 2. The van der Waals surface area contributed by atoms with E-state index >= 15 is 0 Å². The fourth-order valence-corrected chi connectivity index (χ4v) is 11.0. The van der Waals surface area contributed by atoms with Crippen molar-refractivity contribution in [3.05, 3.63) is 240 Å². The van der Waals surface area contributed by atoms with Gasteiger partial charge in [-0.15, -0.1) is 11.8 Å². The standard InChI is InChI=1S/C53H37NS/c1-4-18-37(19-5-1)51-41-24-11-10-17-36(41)31-34-48(51)54(40-32-33-43-42-25-13-15-30-49(42)55-50(43)35-40)47-29-16-28-46-52(47)44-26-12-14-27-45(44)53(46,38-20-6-2-7-21-38)39-22-8-3-9-23-39/h1-35,42,49H. The highest BCUT2D eigenvalue weighted by Crippen LogP contribution is 2.60. The Kier molecular flexibility index (Phi) is 7.53. The van der Waals surface area contributed by atoms with Gasteiger partial charge in [-0.05, 0) is 74.0 Å². The number of benzene rings is 8. The van der Waals surface area contributed by atoms with Crippen LogP contribution in [0, 0.1) is 0 Å². The molecule has 0 amide bonds. The van der Waals surface area contributed by atoms with Crippen LogP contribution >= 0.6 is 11.8 Å². The predicted molar refractivity (Wildman–Crippen MR) is 232 cm³/mol. The third-order valence-electron chi connectivity index (χ3n) is 11.9. The minimum absolute atomic E-state index is 0.401. The van der Waals surface area contributed by atoms with Crippen LogP contribution in [0.3, 0.4) is 0 Å².